The lowest BCUT2D eigenvalue weighted by atomic mass is 10.0. The second-order valence-corrected chi connectivity index (χ2v) is 5.22. The molecule has 1 aliphatic heterocycles. The van der Waals surface area contributed by atoms with Gasteiger partial charge < -0.3 is 4.90 Å². The molecule has 23 heavy (non-hydrogen) atoms. The number of rotatable bonds is 3. The first-order valence-electron chi connectivity index (χ1n) is 7.44. The Balaban J connectivity index is 1.71. The lowest BCUT2D eigenvalue weighted by Crippen LogP contribution is -2.09. The van der Waals surface area contributed by atoms with Gasteiger partial charge >= 0.3 is 0 Å². The highest BCUT2D eigenvalue weighted by Crippen LogP contribution is 2.21. The average Bonchev–Trinajstić information content (AvgIpc) is 2.62. The summed E-state index contributed by atoms with van der Waals surface area (Å²) in [6.45, 7) is 4.13. The van der Waals surface area contributed by atoms with Crippen molar-refractivity contribution in [2.75, 3.05) is 0 Å². The molecule has 112 valence electrons. The van der Waals surface area contributed by atoms with Crippen molar-refractivity contribution in [1.29, 1.82) is 0 Å². The van der Waals surface area contributed by atoms with Gasteiger partial charge in [0.25, 0.3) is 0 Å². The zero-order valence-electron chi connectivity index (χ0n) is 12.7. The van der Waals surface area contributed by atoms with Crippen molar-refractivity contribution in [2.24, 2.45) is 0 Å². The van der Waals surface area contributed by atoms with Crippen LogP contribution in [0, 0.1) is 0 Å². The van der Waals surface area contributed by atoms with Crippen LogP contribution in [0.3, 0.4) is 0 Å². The Morgan fingerprint density at radius 3 is 2.30 bits per heavy atom. The molecule has 3 rings (SSSR count). The summed E-state index contributed by atoms with van der Waals surface area (Å²) < 4.78 is 0. The number of nitrogens with zero attached hydrogens (tertiary/aromatic N) is 1. The third kappa shape index (κ3) is 3.55. The zero-order valence-corrected chi connectivity index (χ0v) is 12.7. The van der Waals surface area contributed by atoms with Gasteiger partial charge in [0, 0.05) is 23.7 Å². The van der Waals surface area contributed by atoms with Crippen LogP contribution < -0.4 is 0 Å². The lowest BCUT2D eigenvalue weighted by Gasteiger charge is -2.21. The van der Waals surface area contributed by atoms with Crippen LogP contribution in [0.2, 0.25) is 0 Å². The molecule has 0 fully saturated rings. The summed E-state index contributed by atoms with van der Waals surface area (Å²) in [5, 5.41) is 0. The first-order valence-corrected chi connectivity index (χ1v) is 7.44. The second kappa shape index (κ2) is 6.75. The van der Waals surface area contributed by atoms with E-state index in [2.05, 4.69) is 6.58 Å². The molecule has 1 heterocycles. The minimum absolute atomic E-state index is 0.0344. The second-order valence-electron chi connectivity index (χ2n) is 5.22. The standard InChI is InChI=1S/C21H17NO/c1-17(19-7-3-2-4-8-19)22-15-13-18(14-16-22)11-12-20-9-5-6-10-21(20)23/h2-16H,1H2/b20-12-. The van der Waals surface area contributed by atoms with E-state index in [0.29, 0.717) is 5.57 Å². The first kappa shape index (κ1) is 14.8. The van der Waals surface area contributed by atoms with E-state index in [0.717, 1.165) is 16.8 Å². The summed E-state index contributed by atoms with van der Waals surface area (Å²) in [5.74, 6) is 0.0344. The molecule has 0 N–H and O–H groups in total. The predicted molar refractivity (Wildman–Crippen MR) is 95.0 cm³/mol. The van der Waals surface area contributed by atoms with Crippen LogP contribution in [0.25, 0.3) is 5.70 Å². The summed E-state index contributed by atoms with van der Waals surface area (Å²) in [6, 6.07) is 10.1. The van der Waals surface area contributed by atoms with Crippen molar-refractivity contribution in [3.63, 3.8) is 0 Å². The van der Waals surface area contributed by atoms with Gasteiger partial charge in [-0.15, -0.1) is 0 Å². The average molecular weight is 299 g/mol. The number of benzene rings is 1. The van der Waals surface area contributed by atoms with Crippen LogP contribution in [0.1, 0.15) is 5.56 Å². The first-order chi connectivity index (χ1) is 11.2. The smallest absolute Gasteiger partial charge is 0.185 e. The Kier molecular flexibility index (Phi) is 4.34. The van der Waals surface area contributed by atoms with Crippen LogP contribution in [0.5, 0.6) is 0 Å². The predicted octanol–water partition coefficient (Wildman–Crippen LogP) is 4.55. The molecule has 0 bridgehead atoms. The summed E-state index contributed by atoms with van der Waals surface area (Å²) >= 11 is 0. The van der Waals surface area contributed by atoms with Gasteiger partial charge in [-0.05, 0) is 29.4 Å². The normalized spacial score (nSPS) is 17.9. The van der Waals surface area contributed by atoms with Gasteiger partial charge in [-0.2, -0.15) is 0 Å². The van der Waals surface area contributed by atoms with Crippen molar-refractivity contribution >= 4 is 11.5 Å². The molecule has 0 atom stereocenters. The fourth-order valence-electron chi connectivity index (χ4n) is 2.31. The quantitative estimate of drug-likeness (QED) is 0.763. The number of ketones is 1. The highest BCUT2D eigenvalue weighted by molar-refractivity contribution is 6.07. The van der Waals surface area contributed by atoms with Crippen LogP contribution in [-0.4, -0.2) is 10.7 Å². The van der Waals surface area contributed by atoms with Gasteiger partial charge in [-0.3, -0.25) is 4.79 Å². The molecule has 1 aromatic carbocycles. The van der Waals surface area contributed by atoms with Crippen LogP contribution >= 0.6 is 0 Å². The molecular formula is C21H17NO. The molecule has 1 aromatic rings. The van der Waals surface area contributed by atoms with E-state index in [1.54, 1.807) is 12.2 Å². The molecule has 0 unspecified atom stereocenters. The molecule has 2 aliphatic rings. The van der Waals surface area contributed by atoms with Crippen LogP contribution in [0.15, 0.2) is 109 Å². The third-order valence-corrected chi connectivity index (χ3v) is 3.65. The van der Waals surface area contributed by atoms with E-state index < -0.39 is 0 Å². The summed E-state index contributed by atoms with van der Waals surface area (Å²) in [6.07, 6.45) is 18.7. The Morgan fingerprint density at radius 1 is 0.913 bits per heavy atom. The largest absolute Gasteiger partial charge is 0.324 e. The topological polar surface area (TPSA) is 20.3 Å². The third-order valence-electron chi connectivity index (χ3n) is 3.65. The highest BCUT2D eigenvalue weighted by atomic mass is 16.1. The van der Waals surface area contributed by atoms with Gasteiger partial charge in [-0.25, -0.2) is 0 Å². The van der Waals surface area contributed by atoms with Crippen LogP contribution in [-0.2, 0) is 4.79 Å². The minimum Gasteiger partial charge on any atom is -0.324 e. The molecular weight excluding hydrogens is 282 g/mol. The van der Waals surface area contributed by atoms with Gasteiger partial charge in [0.05, 0.1) is 0 Å². The summed E-state index contributed by atoms with van der Waals surface area (Å²) in [7, 11) is 0. The minimum atomic E-state index is 0.0344. The van der Waals surface area contributed by atoms with Crippen molar-refractivity contribution in [2.45, 2.75) is 0 Å². The molecule has 2 nitrogen and oxygen atoms in total. The van der Waals surface area contributed by atoms with Gasteiger partial charge in [0.2, 0.25) is 0 Å². The van der Waals surface area contributed by atoms with Crippen molar-refractivity contribution in [3.05, 3.63) is 115 Å². The number of hydrogen-bond acceptors (Lipinski definition) is 2. The maximum Gasteiger partial charge on any atom is 0.185 e. The Hall–Kier alpha value is -3.13. The van der Waals surface area contributed by atoms with E-state index in [-0.39, 0.29) is 5.78 Å². The molecule has 0 radical (unpaired) electrons. The van der Waals surface area contributed by atoms with E-state index in [1.807, 2.05) is 84.1 Å². The maximum atomic E-state index is 11.7. The monoisotopic (exact) mass is 299 g/mol. The molecule has 0 saturated heterocycles. The van der Waals surface area contributed by atoms with Gasteiger partial charge in [0.15, 0.2) is 5.78 Å². The molecule has 0 spiro atoms. The highest BCUT2D eigenvalue weighted by Gasteiger charge is 2.07. The molecule has 1 aliphatic carbocycles. The van der Waals surface area contributed by atoms with E-state index in [9.17, 15) is 4.79 Å². The fourth-order valence-corrected chi connectivity index (χ4v) is 2.31. The SMILES string of the molecule is C=C(c1ccccc1)N1C=CC(=C/C=C2/C=CC=CC2=O)C=C1. The Bertz CT molecular complexity index is 786. The van der Waals surface area contributed by atoms with Crippen LogP contribution in [0.4, 0.5) is 0 Å². The summed E-state index contributed by atoms with van der Waals surface area (Å²) in [5.41, 5.74) is 3.73. The molecule has 0 saturated carbocycles. The fraction of sp³-hybridized carbons (Fsp3) is 0. The number of allylic oxidation sites excluding steroid dienone is 10. The zero-order chi connectivity index (χ0) is 16.1. The lowest BCUT2D eigenvalue weighted by molar-refractivity contribution is -0.111. The van der Waals surface area contributed by atoms with Crippen molar-refractivity contribution < 1.29 is 4.79 Å². The molecule has 2 heteroatoms. The van der Waals surface area contributed by atoms with E-state index >= 15 is 0 Å². The van der Waals surface area contributed by atoms with Crippen molar-refractivity contribution in [1.82, 2.24) is 4.90 Å². The Labute approximate surface area is 136 Å². The number of carbonyl (C=O) groups excluding carboxylic acids is 1. The molecule has 0 aromatic heterocycles. The molecule has 0 amide bonds. The van der Waals surface area contributed by atoms with Crippen molar-refractivity contribution in [3.8, 4) is 0 Å². The Morgan fingerprint density at radius 2 is 1.61 bits per heavy atom. The summed E-state index contributed by atoms with van der Waals surface area (Å²) in [4.78, 5) is 13.7. The number of hydrogen-bond donors (Lipinski definition) is 0. The number of carbonyl (C=O) groups is 1. The van der Waals surface area contributed by atoms with E-state index in [4.69, 9.17) is 0 Å². The van der Waals surface area contributed by atoms with E-state index in [1.165, 1.54) is 0 Å². The van der Waals surface area contributed by atoms with Gasteiger partial charge in [-0.1, -0.05) is 67.3 Å². The maximum absolute atomic E-state index is 11.7. The van der Waals surface area contributed by atoms with Gasteiger partial charge in [0.1, 0.15) is 0 Å².